The van der Waals surface area contributed by atoms with Crippen LogP contribution in [-0.2, 0) is 9.53 Å². The standard InChI is InChI=1S/C26H25NO2Se2/c1-4-29-26(28)23(18-30-21-14-7-5-8-15-21)25(31-22-16-9-6-10-17-22)27-24-19(2)12-11-13-20(24)3/h5-18H,4H2,1-3H3/b23-18-,27-25?. The van der Waals surface area contributed by atoms with Gasteiger partial charge >= 0.3 is 198 Å². The summed E-state index contributed by atoms with van der Waals surface area (Å²) < 4.78 is 8.61. The molecular weight excluding hydrogens is 516 g/mol. The van der Waals surface area contributed by atoms with Gasteiger partial charge in [0.15, 0.2) is 0 Å². The molecule has 0 fully saturated rings. The van der Waals surface area contributed by atoms with Crippen LogP contribution in [0.2, 0.25) is 0 Å². The third-order valence-corrected chi connectivity index (χ3v) is 8.40. The summed E-state index contributed by atoms with van der Waals surface area (Å²) in [4.78, 5) is 20.1. The van der Waals surface area contributed by atoms with E-state index in [-0.39, 0.29) is 35.9 Å². The van der Waals surface area contributed by atoms with Crippen LogP contribution < -0.4 is 8.92 Å². The van der Waals surface area contributed by atoms with E-state index in [2.05, 4.69) is 50.2 Å². The molecule has 0 aliphatic carbocycles. The van der Waals surface area contributed by atoms with E-state index >= 15 is 0 Å². The summed E-state index contributed by atoms with van der Waals surface area (Å²) in [6, 6.07) is 26.6. The number of benzene rings is 3. The van der Waals surface area contributed by atoms with Crippen molar-refractivity contribution >= 4 is 55.1 Å². The normalized spacial score (nSPS) is 12.0. The van der Waals surface area contributed by atoms with Crippen LogP contribution >= 0.6 is 0 Å². The Kier molecular flexibility index (Phi) is 8.87. The molecule has 0 heterocycles. The Labute approximate surface area is 197 Å². The van der Waals surface area contributed by atoms with Gasteiger partial charge in [0.05, 0.1) is 0 Å². The molecule has 0 atom stereocenters. The number of aliphatic imine (C=N–C) groups is 1. The third kappa shape index (κ3) is 6.78. The van der Waals surface area contributed by atoms with Crippen LogP contribution in [0.15, 0.2) is 94.4 Å². The van der Waals surface area contributed by atoms with E-state index in [1.54, 1.807) is 0 Å². The van der Waals surface area contributed by atoms with Crippen LogP contribution in [0.1, 0.15) is 18.1 Å². The van der Waals surface area contributed by atoms with Gasteiger partial charge in [-0.3, -0.25) is 0 Å². The van der Waals surface area contributed by atoms with Gasteiger partial charge in [-0.25, -0.2) is 0 Å². The van der Waals surface area contributed by atoms with Gasteiger partial charge in [0.1, 0.15) is 0 Å². The number of para-hydroxylation sites is 1. The van der Waals surface area contributed by atoms with E-state index in [1.165, 1.54) is 8.92 Å². The molecule has 5 heteroatoms. The van der Waals surface area contributed by atoms with Crippen LogP contribution in [0.3, 0.4) is 0 Å². The second-order valence-corrected chi connectivity index (χ2v) is 11.0. The maximum absolute atomic E-state index is 13.0. The summed E-state index contributed by atoms with van der Waals surface area (Å²) in [5, 5.41) is 0. The van der Waals surface area contributed by atoms with E-state index < -0.39 is 0 Å². The molecular formula is C26H25NO2Se2. The monoisotopic (exact) mass is 543 g/mol. The predicted octanol–water partition coefficient (Wildman–Crippen LogP) is 3.84. The number of rotatable bonds is 8. The average Bonchev–Trinajstić information content (AvgIpc) is 2.78. The van der Waals surface area contributed by atoms with Gasteiger partial charge in [-0.1, -0.05) is 0 Å². The van der Waals surface area contributed by atoms with Gasteiger partial charge < -0.3 is 0 Å². The summed E-state index contributed by atoms with van der Waals surface area (Å²) in [5.74, 6) is -0.303. The van der Waals surface area contributed by atoms with E-state index in [4.69, 9.17) is 9.73 Å². The van der Waals surface area contributed by atoms with Crippen molar-refractivity contribution in [3.8, 4) is 0 Å². The molecule has 0 radical (unpaired) electrons. The molecule has 0 amide bonds. The summed E-state index contributed by atoms with van der Waals surface area (Å²) in [7, 11) is 0. The predicted molar refractivity (Wildman–Crippen MR) is 131 cm³/mol. The van der Waals surface area contributed by atoms with Gasteiger partial charge in [-0.2, -0.15) is 0 Å². The Balaban J connectivity index is 2.09. The molecule has 0 bridgehead atoms. The van der Waals surface area contributed by atoms with Gasteiger partial charge in [-0.05, 0) is 0 Å². The van der Waals surface area contributed by atoms with E-state index in [0.29, 0.717) is 12.2 Å². The van der Waals surface area contributed by atoms with Crippen LogP contribution in [0, 0.1) is 13.8 Å². The molecule has 31 heavy (non-hydrogen) atoms. The molecule has 0 saturated carbocycles. The summed E-state index contributed by atoms with van der Waals surface area (Å²) >= 11 is -0.140. The quantitative estimate of drug-likeness (QED) is 0.188. The van der Waals surface area contributed by atoms with Gasteiger partial charge in [-0.15, -0.1) is 0 Å². The average molecular weight is 541 g/mol. The number of nitrogens with zero attached hydrogens (tertiary/aromatic N) is 1. The van der Waals surface area contributed by atoms with Crippen LogP contribution in [-0.4, -0.2) is 47.1 Å². The Morgan fingerprint density at radius 1 is 0.871 bits per heavy atom. The Bertz CT molecular complexity index is 1060. The first-order chi connectivity index (χ1) is 15.1. The SMILES string of the molecule is CCOC(=O)/C(=C\[Se]c1ccccc1)C(=Nc1c(C)cccc1C)[Se]c1ccccc1. The molecule has 3 aromatic carbocycles. The van der Waals surface area contributed by atoms with Crippen molar-refractivity contribution in [3.05, 3.63) is 101 Å². The molecule has 3 rings (SSSR count). The zero-order chi connectivity index (χ0) is 22.1. The van der Waals surface area contributed by atoms with Crippen molar-refractivity contribution in [2.24, 2.45) is 4.99 Å². The number of hydrogen-bond donors (Lipinski definition) is 0. The molecule has 0 N–H and O–H groups in total. The van der Waals surface area contributed by atoms with Crippen LogP contribution in [0.5, 0.6) is 0 Å². The van der Waals surface area contributed by atoms with Gasteiger partial charge in [0.25, 0.3) is 0 Å². The molecule has 158 valence electrons. The number of carbonyl (C=O) groups excluding carboxylic acids is 1. The van der Waals surface area contributed by atoms with Crippen molar-refractivity contribution in [1.29, 1.82) is 0 Å². The molecule has 3 nitrogen and oxygen atoms in total. The number of aryl methyl sites for hydroxylation is 2. The molecule has 0 spiro atoms. The number of esters is 1. The molecule has 0 saturated heterocycles. The van der Waals surface area contributed by atoms with Crippen molar-refractivity contribution in [3.63, 3.8) is 0 Å². The van der Waals surface area contributed by atoms with E-state index in [1.807, 2.05) is 54.4 Å². The first kappa shape index (κ1) is 23.2. The molecule has 3 aromatic rings. The fourth-order valence-electron chi connectivity index (χ4n) is 2.84. The van der Waals surface area contributed by atoms with Crippen molar-refractivity contribution in [2.45, 2.75) is 20.8 Å². The fourth-order valence-corrected chi connectivity index (χ4v) is 6.75. The first-order valence-electron chi connectivity index (χ1n) is 10.1. The van der Waals surface area contributed by atoms with Crippen molar-refractivity contribution in [1.82, 2.24) is 0 Å². The zero-order valence-corrected chi connectivity index (χ0v) is 21.3. The third-order valence-electron chi connectivity index (χ3n) is 4.39. The second-order valence-electron chi connectivity index (χ2n) is 6.76. The van der Waals surface area contributed by atoms with Crippen LogP contribution in [0.4, 0.5) is 5.69 Å². The van der Waals surface area contributed by atoms with Crippen LogP contribution in [0.25, 0.3) is 0 Å². The second kappa shape index (κ2) is 11.8. The summed E-state index contributed by atoms with van der Waals surface area (Å²) in [6.45, 7) is 6.29. The number of hydrogen-bond acceptors (Lipinski definition) is 3. The molecule has 0 aliphatic rings. The van der Waals surface area contributed by atoms with E-state index in [0.717, 1.165) is 21.4 Å². The Morgan fingerprint density at radius 2 is 1.45 bits per heavy atom. The molecule has 0 unspecified atom stereocenters. The summed E-state index contributed by atoms with van der Waals surface area (Å²) in [5.41, 5.74) is 3.70. The minimum absolute atomic E-state index is 0.00231. The van der Waals surface area contributed by atoms with E-state index in [9.17, 15) is 4.79 Å². The minimum atomic E-state index is -0.303. The van der Waals surface area contributed by atoms with Gasteiger partial charge in [0.2, 0.25) is 0 Å². The number of carbonyl (C=O) groups is 1. The van der Waals surface area contributed by atoms with Crippen molar-refractivity contribution < 1.29 is 9.53 Å². The van der Waals surface area contributed by atoms with Gasteiger partial charge in [0, 0.05) is 0 Å². The summed E-state index contributed by atoms with van der Waals surface area (Å²) in [6.07, 6.45) is 0. The molecule has 0 aromatic heterocycles. The zero-order valence-electron chi connectivity index (χ0n) is 17.9. The fraction of sp³-hybridized carbons (Fsp3) is 0.154. The first-order valence-corrected chi connectivity index (χ1v) is 13.6. The van der Waals surface area contributed by atoms with Crippen molar-refractivity contribution in [2.75, 3.05) is 6.61 Å². The topological polar surface area (TPSA) is 38.7 Å². The maximum atomic E-state index is 13.0. The number of ether oxygens (including phenoxy) is 1. The Morgan fingerprint density at radius 3 is 2.03 bits per heavy atom. The Hall–Kier alpha value is -2.42. The molecule has 0 aliphatic heterocycles.